The zero-order chi connectivity index (χ0) is 22.0. The topological polar surface area (TPSA) is 74.3 Å². The van der Waals surface area contributed by atoms with Crippen LogP contribution in [0.2, 0.25) is 0 Å². The number of hydrogen-bond acceptors (Lipinski definition) is 3. The first kappa shape index (κ1) is 21.2. The molecule has 164 valence electrons. The van der Waals surface area contributed by atoms with Gasteiger partial charge in [-0.3, -0.25) is 4.79 Å². The quantitative estimate of drug-likeness (QED) is 0.546. The van der Waals surface area contributed by atoms with Crippen molar-refractivity contribution in [2.24, 2.45) is 0 Å². The molecule has 5 nitrogen and oxygen atoms in total. The number of aromatic nitrogens is 1. The van der Waals surface area contributed by atoms with E-state index in [2.05, 4.69) is 10.3 Å². The van der Waals surface area contributed by atoms with Crippen LogP contribution in [0.15, 0.2) is 42.5 Å². The molecule has 0 aliphatic heterocycles. The number of hydrogen-bond donors (Lipinski definition) is 3. The van der Waals surface area contributed by atoms with Gasteiger partial charge in [-0.05, 0) is 55.5 Å². The van der Waals surface area contributed by atoms with Crippen molar-refractivity contribution in [3.05, 3.63) is 64.8 Å². The van der Waals surface area contributed by atoms with E-state index in [0.717, 1.165) is 48.7 Å². The summed E-state index contributed by atoms with van der Waals surface area (Å²) in [6.07, 6.45) is -1.32. The highest BCUT2D eigenvalue weighted by molar-refractivity contribution is 6.06. The maximum Gasteiger partial charge on any atom is 0.416 e. The van der Waals surface area contributed by atoms with Crippen molar-refractivity contribution < 1.29 is 27.8 Å². The number of ether oxygens (including phenoxy) is 1. The fourth-order valence-electron chi connectivity index (χ4n) is 3.94. The predicted octanol–water partition coefficient (Wildman–Crippen LogP) is 4.24. The number of rotatable bonds is 6. The van der Waals surface area contributed by atoms with E-state index in [1.165, 1.54) is 23.4 Å². The van der Waals surface area contributed by atoms with Gasteiger partial charge in [0.05, 0.1) is 16.6 Å². The summed E-state index contributed by atoms with van der Waals surface area (Å²) in [4.78, 5) is 16.1. The Bertz CT molecular complexity index is 1090. The summed E-state index contributed by atoms with van der Waals surface area (Å²) < 4.78 is 43.6. The maximum absolute atomic E-state index is 12.8. The number of nitrogens with one attached hydrogen (secondary N) is 2. The SMILES string of the molecule is O=C(NCC(O)COc1cccc(C(F)(F)F)c1)c1cccc2c3c([nH]c12)CCCC3. The standard InChI is InChI=1S/C23H23F3N2O3/c24-23(25,26)14-5-3-6-16(11-14)31-13-15(29)12-27-22(30)19-9-4-8-18-17-7-1-2-10-20(17)28-21(18)19/h3-6,8-9,11,15,28-29H,1-2,7,10,12-13H2,(H,27,30). The second kappa shape index (κ2) is 8.63. The van der Waals surface area contributed by atoms with Crippen molar-refractivity contribution in [1.82, 2.24) is 10.3 Å². The number of halogens is 3. The number of para-hydroxylation sites is 1. The summed E-state index contributed by atoms with van der Waals surface area (Å²) in [5, 5.41) is 13.8. The van der Waals surface area contributed by atoms with E-state index in [0.29, 0.717) is 5.56 Å². The van der Waals surface area contributed by atoms with Gasteiger partial charge in [-0.1, -0.05) is 18.2 Å². The number of fused-ring (bicyclic) bond motifs is 3. The lowest BCUT2D eigenvalue weighted by Crippen LogP contribution is -2.35. The maximum atomic E-state index is 12.8. The Kier molecular flexibility index (Phi) is 5.91. The molecular formula is C23H23F3N2O3. The monoisotopic (exact) mass is 432 g/mol. The Morgan fingerprint density at radius 3 is 2.74 bits per heavy atom. The molecule has 0 saturated heterocycles. The van der Waals surface area contributed by atoms with Gasteiger partial charge in [0.2, 0.25) is 0 Å². The van der Waals surface area contributed by atoms with Crippen LogP contribution in [0.25, 0.3) is 10.9 Å². The molecule has 0 radical (unpaired) electrons. The molecule has 0 bridgehead atoms. The Morgan fingerprint density at radius 2 is 1.94 bits per heavy atom. The Labute approximate surface area is 177 Å². The number of aliphatic hydroxyl groups excluding tert-OH is 1. The molecule has 0 fully saturated rings. The van der Waals surface area contributed by atoms with Gasteiger partial charge in [0, 0.05) is 17.6 Å². The molecule has 1 aliphatic rings. The number of aromatic amines is 1. The highest BCUT2D eigenvalue weighted by Gasteiger charge is 2.30. The molecule has 31 heavy (non-hydrogen) atoms. The first-order valence-electron chi connectivity index (χ1n) is 10.2. The van der Waals surface area contributed by atoms with Crippen LogP contribution in [0.3, 0.4) is 0 Å². The van der Waals surface area contributed by atoms with Gasteiger partial charge in [0.1, 0.15) is 18.5 Å². The molecule has 1 aliphatic carbocycles. The average Bonchev–Trinajstić information content (AvgIpc) is 3.14. The molecule has 8 heteroatoms. The van der Waals surface area contributed by atoms with Crippen molar-refractivity contribution in [3.63, 3.8) is 0 Å². The fourth-order valence-corrected chi connectivity index (χ4v) is 3.94. The zero-order valence-corrected chi connectivity index (χ0v) is 16.8. The van der Waals surface area contributed by atoms with E-state index < -0.39 is 17.8 Å². The van der Waals surface area contributed by atoms with E-state index in [1.807, 2.05) is 12.1 Å². The lowest BCUT2D eigenvalue weighted by molar-refractivity contribution is -0.137. The lowest BCUT2D eigenvalue weighted by atomic mass is 9.95. The van der Waals surface area contributed by atoms with Crippen LogP contribution in [-0.4, -0.2) is 35.3 Å². The average molecular weight is 432 g/mol. The van der Waals surface area contributed by atoms with Gasteiger partial charge < -0.3 is 20.1 Å². The van der Waals surface area contributed by atoms with Crippen molar-refractivity contribution in [2.75, 3.05) is 13.2 Å². The molecule has 2 aromatic carbocycles. The number of aryl methyl sites for hydroxylation is 2. The van der Waals surface area contributed by atoms with Crippen molar-refractivity contribution in [1.29, 1.82) is 0 Å². The molecular weight excluding hydrogens is 409 g/mol. The summed E-state index contributed by atoms with van der Waals surface area (Å²) >= 11 is 0. The summed E-state index contributed by atoms with van der Waals surface area (Å²) in [5.41, 5.74) is 2.91. The molecule has 1 atom stereocenters. The lowest BCUT2D eigenvalue weighted by Gasteiger charge is -2.14. The van der Waals surface area contributed by atoms with Crippen LogP contribution >= 0.6 is 0 Å². The molecule has 0 spiro atoms. The third kappa shape index (κ3) is 4.69. The summed E-state index contributed by atoms with van der Waals surface area (Å²) in [6.45, 7) is -0.336. The number of H-pyrrole nitrogens is 1. The van der Waals surface area contributed by atoms with Crippen molar-refractivity contribution in [2.45, 2.75) is 38.0 Å². The van der Waals surface area contributed by atoms with Gasteiger partial charge in [-0.2, -0.15) is 13.2 Å². The summed E-state index contributed by atoms with van der Waals surface area (Å²) in [6, 6.07) is 10.0. The van der Waals surface area contributed by atoms with Gasteiger partial charge in [-0.15, -0.1) is 0 Å². The number of alkyl halides is 3. The van der Waals surface area contributed by atoms with Gasteiger partial charge >= 0.3 is 6.18 Å². The molecule has 1 amide bonds. The smallest absolute Gasteiger partial charge is 0.416 e. The van der Waals surface area contributed by atoms with Crippen molar-refractivity contribution in [3.8, 4) is 5.75 Å². The summed E-state index contributed by atoms with van der Waals surface area (Å²) in [5.74, 6) is -0.329. The van der Waals surface area contributed by atoms with Crippen LogP contribution in [0, 0.1) is 0 Å². The fraction of sp³-hybridized carbons (Fsp3) is 0.348. The number of carbonyl (C=O) groups is 1. The van der Waals surface area contributed by atoms with Crippen molar-refractivity contribution >= 4 is 16.8 Å². The first-order valence-corrected chi connectivity index (χ1v) is 10.2. The zero-order valence-electron chi connectivity index (χ0n) is 16.8. The summed E-state index contributed by atoms with van der Waals surface area (Å²) in [7, 11) is 0. The Morgan fingerprint density at radius 1 is 1.16 bits per heavy atom. The van der Waals surface area contributed by atoms with E-state index >= 15 is 0 Å². The van der Waals surface area contributed by atoms with Crippen LogP contribution in [0.5, 0.6) is 5.75 Å². The molecule has 4 rings (SSSR count). The minimum Gasteiger partial charge on any atom is -0.491 e. The number of amides is 1. The van der Waals surface area contributed by atoms with Crippen LogP contribution in [0.1, 0.15) is 40.0 Å². The molecule has 1 aromatic heterocycles. The third-order valence-electron chi connectivity index (χ3n) is 5.48. The van der Waals surface area contributed by atoms with Gasteiger partial charge in [0.25, 0.3) is 5.91 Å². The highest BCUT2D eigenvalue weighted by Crippen LogP contribution is 2.32. The second-order valence-electron chi connectivity index (χ2n) is 7.72. The molecule has 1 heterocycles. The van der Waals surface area contributed by atoms with E-state index in [-0.39, 0.29) is 24.8 Å². The minimum atomic E-state index is -4.47. The normalized spacial score (nSPS) is 14.8. The van der Waals surface area contributed by atoms with Crippen LogP contribution in [-0.2, 0) is 19.0 Å². The molecule has 0 saturated carbocycles. The molecule has 3 N–H and O–H groups in total. The van der Waals surface area contributed by atoms with E-state index in [9.17, 15) is 23.1 Å². The van der Waals surface area contributed by atoms with Crippen LogP contribution < -0.4 is 10.1 Å². The Hall–Kier alpha value is -3.00. The minimum absolute atomic E-state index is 0.00179. The number of aliphatic hydroxyl groups is 1. The molecule has 1 unspecified atom stereocenters. The highest BCUT2D eigenvalue weighted by atomic mass is 19.4. The van der Waals surface area contributed by atoms with Crippen LogP contribution in [0.4, 0.5) is 13.2 Å². The number of carbonyl (C=O) groups excluding carboxylic acids is 1. The van der Waals surface area contributed by atoms with Gasteiger partial charge in [0.15, 0.2) is 0 Å². The largest absolute Gasteiger partial charge is 0.491 e. The van der Waals surface area contributed by atoms with E-state index in [4.69, 9.17) is 4.74 Å². The number of benzene rings is 2. The van der Waals surface area contributed by atoms with Gasteiger partial charge in [-0.25, -0.2) is 0 Å². The second-order valence-corrected chi connectivity index (χ2v) is 7.72. The molecule has 3 aromatic rings. The third-order valence-corrected chi connectivity index (χ3v) is 5.48. The first-order chi connectivity index (χ1) is 14.8. The Balaban J connectivity index is 1.36. The predicted molar refractivity (Wildman–Crippen MR) is 110 cm³/mol. The van der Waals surface area contributed by atoms with E-state index in [1.54, 1.807) is 6.07 Å².